The Hall–Kier alpha value is -1.00. The third kappa shape index (κ3) is 4.36. The van der Waals surface area contributed by atoms with Gasteiger partial charge in [0, 0.05) is 10.6 Å². The summed E-state index contributed by atoms with van der Waals surface area (Å²) in [5.74, 6) is -0.340. The van der Waals surface area contributed by atoms with Gasteiger partial charge in [-0.2, -0.15) is 0 Å². The normalized spacial score (nSPS) is 10.7. The van der Waals surface area contributed by atoms with E-state index in [1.165, 1.54) is 12.1 Å². The van der Waals surface area contributed by atoms with Crippen LogP contribution in [0.3, 0.4) is 0 Å². The summed E-state index contributed by atoms with van der Waals surface area (Å²) in [6, 6.07) is 6.16. The molecule has 0 aromatic heterocycles. The minimum atomic E-state index is -2.55. The summed E-state index contributed by atoms with van der Waals surface area (Å²) < 4.78 is 27.9. The van der Waals surface area contributed by atoms with Crippen LogP contribution in [0, 0.1) is 0 Å². The Bertz CT molecular complexity index is 325. The molecule has 0 radical (unpaired) electrons. The number of carbonyl (C=O) groups is 1. The van der Waals surface area contributed by atoms with Crippen LogP contribution in [0.25, 0.3) is 0 Å². The predicted molar refractivity (Wildman–Crippen MR) is 52.6 cm³/mol. The summed E-state index contributed by atoms with van der Waals surface area (Å²) >= 11 is 5.62. The molecule has 0 saturated carbocycles. The number of benzene rings is 1. The van der Waals surface area contributed by atoms with Gasteiger partial charge in [-0.25, -0.2) is 8.78 Å². The number of ether oxygens (including phenoxy) is 1. The SMILES string of the molecule is O=C(COCC(F)F)c1ccc(Cl)cc1. The van der Waals surface area contributed by atoms with Crippen molar-refractivity contribution < 1.29 is 18.3 Å². The molecule has 0 aliphatic rings. The van der Waals surface area contributed by atoms with Gasteiger partial charge in [-0.1, -0.05) is 11.6 Å². The topological polar surface area (TPSA) is 26.3 Å². The number of hydrogen-bond donors (Lipinski definition) is 0. The second-order valence-corrected chi connectivity index (χ2v) is 3.27. The first-order chi connectivity index (χ1) is 7.09. The number of hydrogen-bond acceptors (Lipinski definition) is 2. The van der Waals surface area contributed by atoms with Crippen molar-refractivity contribution in [3.05, 3.63) is 34.9 Å². The molecule has 0 heterocycles. The van der Waals surface area contributed by atoms with Gasteiger partial charge in [0.2, 0.25) is 0 Å². The molecule has 0 spiro atoms. The van der Waals surface area contributed by atoms with E-state index in [-0.39, 0.29) is 12.4 Å². The van der Waals surface area contributed by atoms with Crippen LogP contribution in [-0.2, 0) is 4.74 Å². The quantitative estimate of drug-likeness (QED) is 0.733. The monoisotopic (exact) mass is 234 g/mol. The zero-order chi connectivity index (χ0) is 11.3. The van der Waals surface area contributed by atoms with Crippen molar-refractivity contribution in [3.63, 3.8) is 0 Å². The van der Waals surface area contributed by atoms with Crippen LogP contribution in [0.5, 0.6) is 0 Å². The Kier molecular flexibility index (Phi) is 4.65. The number of Topliss-reactive ketones (excluding diaryl/α,β-unsaturated/α-hetero) is 1. The lowest BCUT2D eigenvalue weighted by Crippen LogP contribution is -2.13. The summed E-state index contributed by atoms with van der Waals surface area (Å²) in [6.45, 7) is -1.06. The van der Waals surface area contributed by atoms with E-state index in [0.717, 1.165) is 0 Å². The van der Waals surface area contributed by atoms with Gasteiger partial charge < -0.3 is 4.74 Å². The molecule has 0 N–H and O–H groups in total. The molecule has 0 saturated heterocycles. The molecule has 2 nitrogen and oxygen atoms in total. The molecule has 0 aliphatic heterocycles. The molecule has 0 amide bonds. The van der Waals surface area contributed by atoms with E-state index in [1.807, 2.05) is 0 Å². The fourth-order valence-electron chi connectivity index (χ4n) is 0.960. The lowest BCUT2D eigenvalue weighted by Gasteiger charge is -2.02. The molecular formula is C10H9ClF2O2. The first kappa shape index (κ1) is 12.1. The van der Waals surface area contributed by atoms with Gasteiger partial charge in [-0.05, 0) is 24.3 Å². The third-order valence-corrected chi connectivity index (χ3v) is 1.90. The van der Waals surface area contributed by atoms with Crippen molar-refractivity contribution in [1.82, 2.24) is 0 Å². The summed E-state index contributed by atoms with van der Waals surface area (Å²) in [5, 5.41) is 0.514. The van der Waals surface area contributed by atoms with Gasteiger partial charge in [0.15, 0.2) is 5.78 Å². The number of halogens is 3. The van der Waals surface area contributed by atoms with E-state index < -0.39 is 13.0 Å². The molecule has 0 aliphatic carbocycles. The zero-order valence-corrected chi connectivity index (χ0v) is 8.51. The van der Waals surface area contributed by atoms with Gasteiger partial charge >= 0.3 is 0 Å². The highest BCUT2D eigenvalue weighted by Gasteiger charge is 2.08. The van der Waals surface area contributed by atoms with Gasteiger partial charge in [0.1, 0.15) is 13.2 Å². The number of alkyl halides is 2. The summed E-state index contributed by atoms with van der Waals surface area (Å²) in [6.07, 6.45) is -2.55. The van der Waals surface area contributed by atoms with E-state index in [4.69, 9.17) is 11.6 Å². The number of ketones is 1. The predicted octanol–water partition coefficient (Wildman–Crippen LogP) is 2.80. The smallest absolute Gasteiger partial charge is 0.261 e. The van der Waals surface area contributed by atoms with Crippen LogP contribution < -0.4 is 0 Å². The largest absolute Gasteiger partial charge is 0.367 e. The maximum absolute atomic E-state index is 11.7. The van der Waals surface area contributed by atoms with E-state index in [0.29, 0.717) is 10.6 Å². The fraction of sp³-hybridized carbons (Fsp3) is 0.300. The van der Waals surface area contributed by atoms with Crippen molar-refractivity contribution >= 4 is 17.4 Å². The zero-order valence-electron chi connectivity index (χ0n) is 7.75. The minimum Gasteiger partial charge on any atom is -0.367 e. The van der Waals surface area contributed by atoms with Gasteiger partial charge in [0.25, 0.3) is 6.43 Å². The molecule has 82 valence electrons. The third-order valence-electron chi connectivity index (χ3n) is 1.64. The van der Waals surface area contributed by atoms with Crippen molar-refractivity contribution in [2.45, 2.75) is 6.43 Å². The number of carbonyl (C=O) groups excluding carboxylic acids is 1. The molecule has 1 aromatic carbocycles. The minimum absolute atomic E-state index is 0.340. The summed E-state index contributed by atoms with van der Waals surface area (Å²) in [4.78, 5) is 11.3. The van der Waals surface area contributed by atoms with Crippen LogP contribution in [0.1, 0.15) is 10.4 Å². The van der Waals surface area contributed by atoms with Crippen LogP contribution >= 0.6 is 11.6 Å². The highest BCUT2D eigenvalue weighted by atomic mass is 35.5. The van der Waals surface area contributed by atoms with E-state index >= 15 is 0 Å². The van der Waals surface area contributed by atoms with Gasteiger partial charge in [-0.3, -0.25) is 4.79 Å². The highest BCUT2D eigenvalue weighted by molar-refractivity contribution is 6.30. The number of rotatable bonds is 5. The highest BCUT2D eigenvalue weighted by Crippen LogP contribution is 2.10. The molecule has 15 heavy (non-hydrogen) atoms. The first-order valence-corrected chi connectivity index (χ1v) is 4.62. The Balaban J connectivity index is 2.43. The lowest BCUT2D eigenvalue weighted by atomic mass is 10.1. The van der Waals surface area contributed by atoms with Crippen LogP contribution in [0.15, 0.2) is 24.3 Å². The average molecular weight is 235 g/mol. The second-order valence-electron chi connectivity index (χ2n) is 2.84. The summed E-state index contributed by atoms with van der Waals surface area (Å²) in [7, 11) is 0. The molecular weight excluding hydrogens is 226 g/mol. The van der Waals surface area contributed by atoms with Gasteiger partial charge in [-0.15, -0.1) is 0 Å². The molecule has 0 fully saturated rings. The van der Waals surface area contributed by atoms with Crippen molar-refractivity contribution in [2.24, 2.45) is 0 Å². The van der Waals surface area contributed by atoms with Crippen molar-refractivity contribution in [1.29, 1.82) is 0 Å². The van der Waals surface area contributed by atoms with Crippen molar-refractivity contribution in [2.75, 3.05) is 13.2 Å². The molecule has 0 bridgehead atoms. The molecule has 5 heteroatoms. The summed E-state index contributed by atoms with van der Waals surface area (Å²) in [5.41, 5.74) is 0.397. The Morgan fingerprint density at radius 3 is 2.47 bits per heavy atom. The first-order valence-electron chi connectivity index (χ1n) is 4.24. The molecule has 1 aromatic rings. The average Bonchev–Trinajstić information content (AvgIpc) is 2.18. The second kappa shape index (κ2) is 5.78. The van der Waals surface area contributed by atoms with E-state index in [1.54, 1.807) is 12.1 Å². The Morgan fingerprint density at radius 1 is 1.33 bits per heavy atom. The lowest BCUT2D eigenvalue weighted by molar-refractivity contribution is 0.0196. The maximum atomic E-state index is 11.7. The van der Waals surface area contributed by atoms with E-state index in [2.05, 4.69) is 4.74 Å². The van der Waals surface area contributed by atoms with Crippen molar-refractivity contribution in [3.8, 4) is 0 Å². The van der Waals surface area contributed by atoms with E-state index in [9.17, 15) is 13.6 Å². The maximum Gasteiger partial charge on any atom is 0.261 e. The standard InChI is InChI=1S/C10H9ClF2O2/c11-8-3-1-7(2-4-8)9(14)5-15-6-10(12)13/h1-4,10H,5-6H2. The molecule has 1 rings (SSSR count). The van der Waals surface area contributed by atoms with Gasteiger partial charge in [0.05, 0.1) is 0 Å². The van der Waals surface area contributed by atoms with Crippen LogP contribution in [-0.4, -0.2) is 25.4 Å². The van der Waals surface area contributed by atoms with Crippen LogP contribution in [0.4, 0.5) is 8.78 Å². The Morgan fingerprint density at radius 2 is 1.93 bits per heavy atom. The molecule has 0 unspecified atom stereocenters. The fourth-order valence-corrected chi connectivity index (χ4v) is 1.09. The molecule has 0 atom stereocenters. The Labute approximate surface area is 90.8 Å². The van der Waals surface area contributed by atoms with Crippen LogP contribution in [0.2, 0.25) is 5.02 Å².